The number of benzene rings is 1. The summed E-state index contributed by atoms with van der Waals surface area (Å²) < 4.78 is 5.42. The monoisotopic (exact) mass is 345 g/mol. The van der Waals surface area contributed by atoms with Crippen LogP contribution in [0.3, 0.4) is 0 Å². The number of likely N-dealkylation sites (tertiary alicyclic amines) is 1. The van der Waals surface area contributed by atoms with Crippen molar-refractivity contribution in [2.75, 3.05) is 52.5 Å². The molecule has 2 aliphatic heterocycles. The molecule has 2 fully saturated rings. The molecule has 0 spiro atoms. The van der Waals surface area contributed by atoms with E-state index in [4.69, 9.17) is 4.74 Å². The van der Waals surface area contributed by atoms with Crippen molar-refractivity contribution in [3.63, 3.8) is 0 Å². The molecular formula is C19H27N3O3. The lowest BCUT2D eigenvalue weighted by Crippen LogP contribution is -2.44. The summed E-state index contributed by atoms with van der Waals surface area (Å²) in [5.41, 5.74) is 0.844. The Morgan fingerprint density at radius 1 is 1.20 bits per heavy atom. The third kappa shape index (κ3) is 5.36. The average molecular weight is 345 g/mol. The average Bonchev–Trinajstić information content (AvgIpc) is 2.63. The smallest absolute Gasteiger partial charge is 0.276 e. The van der Waals surface area contributed by atoms with Gasteiger partial charge in [0, 0.05) is 38.8 Å². The van der Waals surface area contributed by atoms with Crippen LogP contribution >= 0.6 is 0 Å². The van der Waals surface area contributed by atoms with Crippen LogP contribution in [-0.2, 0) is 4.74 Å². The first-order chi connectivity index (χ1) is 12.2. The normalized spacial score (nSPS) is 23.1. The third-order valence-electron chi connectivity index (χ3n) is 5.02. The molecule has 0 aromatic heterocycles. The molecule has 0 amide bonds. The molecule has 0 saturated carbocycles. The van der Waals surface area contributed by atoms with Gasteiger partial charge in [0.05, 0.1) is 23.7 Å². The Kier molecular flexibility index (Phi) is 6.55. The van der Waals surface area contributed by atoms with E-state index >= 15 is 0 Å². The van der Waals surface area contributed by atoms with Crippen molar-refractivity contribution in [3.8, 4) is 0 Å². The van der Waals surface area contributed by atoms with Crippen molar-refractivity contribution in [3.05, 3.63) is 46.0 Å². The molecule has 2 heterocycles. The van der Waals surface area contributed by atoms with Gasteiger partial charge in [0.25, 0.3) is 5.69 Å². The maximum atomic E-state index is 11.1. The zero-order valence-corrected chi connectivity index (χ0v) is 14.7. The molecule has 3 rings (SSSR count). The Morgan fingerprint density at radius 3 is 2.80 bits per heavy atom. The fourth-order valence-electron chi connectivity index (χ4n) is 3.74. The number of morpholine rings is 1. The molecule has 0 bridgehead atoms. The Hall–Kier alpha value is -1.76. The zero-order chi connectivity index (χ0) is 17.5. The Labute approximate surface area is 149 Å². The van der Waals surface area contributed by atoms with E-state index in [1.54, 1.807) is 18.2 Å². The highest BCUT2D eigenvalue weighted by molar-refractivity contribution is 5.60. The summed E-state index contributed by atoms with van der Waals surface area (Å²) in [6.45, 7) is 8.05. The van der Waals surface area contributed by atoms with Crippen LogP contribution in [0.25, 0.3) is 6.08 Å². The van der Waals surface area contributed by atoms with E-state index in [-0.39, 0.29) is 10.6 Å². The van der Waals surface area contributed by atoms with E-state index in [9.17, 15) is 10.1 Å². The van der Waals surface area contributed by atoms with Gasteiger partial charge in [0.2, 0.25) is 0 Å². The molecular weight excluding hydrogens is 318 g/mol. The maximum absolute atomic E-state index is 11.1. The lowest BCUT2D eigenvalue weighted by atomic mass is 9.97. The van der Waals surface area contributed by atoms with Crippen LogP contribution in [0, 0.1) is 16.0 Å². The molecule has 25 heavy (non-hydrogen) atoms. The van der Waals surface area contributed by atoms with Crippen LogP contribution in [0.4, 0.5) is 5.69 Å². The second-order valence-electron chi connectivity index (χ2n) is 6.90. The molecule has 0 aliphatic carbocycles. The topological polar surface area (TPSA) is 58.9 Å². The van der Waals surface area contributed by atoms with Crippen LogP contribution < -0.4 is 0 Å². The summed E-state index contributed by atoms with van der Waals surface area (Å²) in [5, 5.41) is 11.1. The molecule has 1 aromatic rings. The molecule has 6 heteroatoms. The lowest BCUT2D eigenvalue weighted by molar-refractivity contribution is -0.385. The number of rotatable bonds is 6. The second kappa shape index (κ2) is 9.08. The summed E-state index contributed by atoms with van der Waals surface area (Å²) in [6.07, 6.45) is 6.46. The molecule has 0 radical (unpaired) electrons. The Morgan fingerprint density at radius 2 is 2.00 bits per heavy atom. The molecule has 6 nitrogen and oxygen atoms in total. The first kappa shape index (κ1) is 18.0. The molecule has 2 aliphatic rings. The number of ether oxygens (including phenoxy) is 1. The van der Waals surface area contributed by atoms with Crippen molar-refractivity contribution in [1.82, 2.24) is 9.80 Å². The summed E-state index contributed by atoms with van der Waals surface area (Å²) in [7, 11) is 0. The SMILES string of the molecule is O=[N+]([O-])c1ccccc1/C=C/CN1CCC[C@H](CN2CCOCC2)C1. The largest absolute Gasteiger partial charge is 0.379 e. The number of nitrogens with zero attached hydrogens (tertiary/aromatic N) is 3. The van der Waals surface area contributed by atoms with Crippen molar-refractivity contribution in [2.45, 2.75) is 12.8 Å². The third-order valence-corrected chi connectivity index (χ3v) is 5.02. The van der Waals surface area contributed by atoms with E-state index < -0.39 is 0 Å². The molecule has 0 N–H and O–H groups in total. The number of para-hydroxylation sites is 1. The van der Waals surface area contributed by atoms with Gasteiger partial charge >= 0.3 is 0 Å². The fraction of sp³-hybridized carbons (Fsp3) is 0.579. The molecule has 2 saturated heterocycles. The highest BCUT2D eigenvalue weighted by Gasteiger charge is 2.22. The molecule has 136 valence electrons. The lowest BCUT2D eigenvalue weighted by Gasteiger charge is -2.36. The minimum Gasteiger partial charge on any atom is -0.379 e. The maximum Gasteiger partial charge on any atom is 0.276 e. The first-order valence-corrected chi connectivity index (χ1v) is 9.15. The summed E-state index contributed by atoms with van der Waals surface area (Å²) in [6, 6.07) is 6.90. The minimum absolute atomic E-state index is 0.169. The summed E-state index contributed by atoms with van der Waals surface area (Å²) >= 11 is 0. The highest BCUT2D eigenvalue weighted by atomic mass is 16.6. The van der Waals surface area contributed by atoms with Crippen molar-refractivity contribution in [2.24, 2.45) is 5.92 Å². The Balaban J connectivity index is 1.50. The number of hydrogen-bond acceptors (Lipinski definition) is 5. The van der Waals surface area contributed by atoms with E-state index in [0.717, 1.165) is 52.5 Å². The fourth-order valence-corrected chi connectivity index (χ4v) is 3.74. The second-order valence-corrected chi connectivity index (χ2v) is 6.90. The number of piperidine rings is 1. The summed E-state index contributed by atoms with van der Waals surface area (Å²) in [4.78, 5) is 15.7. The molecule has 0 unspecified atom stereocenters. The van der Waals surface area contributed by atoms with Crippen LogP contribution in [0.5, 0.6) is 0 Å². The number of nitro benzene ring substituents is 1. The molecule has 1 aromatic carbocycles. The van der Waals surface area contributed by atoms with Gasteiger partial charge in [-0.1, -0.05) is 24.3 Å². The molecule has 1 atom stereocenters. The first-order valence-electron chi connectivity index (χ1n) is 9.15. The van der Waals surface area contributed by atoms with Crippen molar-refractivity contribution in [1.29, 1.82) is 0 Å². The summed E-state index contributed by atoms with van der Waals surface area (Å²) in [5.74, 6) is 0.714. The van der Waals surface area contributed by atoms with Gasteiger partial charge in [0.15, 0.2) is 0 Å². The van der Waals surface area contributed by atoms with Gasteiger partial charge in [-0.2, -0.15) is 0 Å². The van der Waals surface area contributed by atoms with E-state index in [2.05, 4.69) is 15.9 Å². The van der Waals surface area contributed by atoms with Gasteiger partial charge in [-0.05, 0) is 31.4 Å². The van der Waals surface area contributed by atoms with Gasteiger partial charge in [-0.15, -0.1) is 0 Å². The predicted octanol–water partition coefficient (Wildman–Crippen LogP) is 2.65. The van der Waals surface area contributed by atoms with E-state index in [1.165, 1.54) is 12.8 Å². The van der Waals surface area contributed by atoms with Gasteiger partial charge in [0.1, 0.15) is 0 Å². The van der Waals surface area contributed by atoms with Crippen LogP contribution in [-0.4, -0.2) is 67.2 Å². The van der Waals surface area contributed by atoms with Crippen molar-refractivity contribution >= 4 is 11.8 Å². The van der Waals surface area contributed by atoms with Crippen LogP contribution in [0.15, 0.2) is 30.3 Å². The quantitative estimate of drug-likeness (QED) is 0.586. The Bertz CT molecular complexity index is 599. The van der Waals surface area contributed by atoms with Crippen LogP contribution in [0.2, 0.25) is 0 Å². The zero-order valence-electron chi connectivity index (χ0n) is 14.7. The standard InChI is InChI=1S/C19H27N3O3/c23-22(24)19-8-2-1-6-18(19)7-4-10-20-9-3-5-17(15-20)16-21-11-13-25-14-12-21/h1-2,4,6-8,17H,3,5,9-16H2/b7-4+/t17-/m0/s1. The van der Waals surface area contributed by atoms with Gasteiger partial charge < -0.3 is 4.74 Å². The van der Waals surface area contributed by atoms with Gasteiger partial charge in [-0.3, -0.25) is 19.9 Å². The van der Waals surface area contributed by atoms with E-state index in [1.807, 2.05) is 12.1 Å². The predicted molar refractivity (Wildman–Crippen MR) is 98.6 cm³/mol. The van der Waals surface area contributed by atoms with Crippen LogP contribution in [0.1, 0.15) is 18.4 Å². The number of nitro groups is 1. The van der Waals surface area contributed by atoms with E-state index in [0.29, 0.717) is 11.5 Å². The number of hydrogen-bond donors (Lipinski definition) is 0. The highest BCUT2D eigenvalue weighted by Crippen LogP contribution is 2.20. The minimum atomic E-state index is -0.321. The van der Waals surface area contributed by atoms with Gasteiger partial charge in [-0.25, -0.2) is 0 Å². The van der Waals surface area contributed by atoms with Crippen molar-refractivity contribution < 1.29 is 9.66 Å².